The van der Waals surface area contributed by atoms with Gasteiger partial charge in [0, 0.05) is 68.4 Å². The number of nitrogens with one attached hydrogen (secondary N) is 8. The molecule has 89 heavy (non-hydrogen) atoms. The fourth-order valence-electron chi connectivity index (χ4n) is 12.0. The summed E-state index contributed by atoms with van der Waals surface area (Å²) in [4.78, 5) is 74.4. The second kappa shape index (κ2) is 36.4. The monoisotopic (exact) mass is 1320 g/mol. The number of halogens is 2. The molecule has 3 atom stereocenters. The van der Waals surface area contributed by atoms with E-state index in [1.807, 2.05) is 31.2 Å². The number of aliphatic carboxylic acids is 1. The van der Waals surface area contributed by atoms with Crippen LogP contribution in [-0.4, -0.2) is 115 Å². The predicted octanol–water partition coefficient (Wildman–Crippen LogP) is 12.3. The van der Waals surface area contributed by atoms with Crippen molar-refractivity contribution in [1.29, 1.82) is 0 Å². The molecule has 3 saturated carbocycles. The SMILES string of the molecule is CCCC1(C(=S)NC(Cc2ccc(C)cc2)C(=O)OC)CCCC1.CNC(=O)NCCC1(C(=S)NC(Cc2ccc(C)cc2)C(=O)OC)CCCC1.CNC(=O)NCCC1(C(=S)NC(Cc2ccc(NC(=O)c3c(Cl)cccc3Cl)cc2)C(=O)O)CCCC1. The fraction of sp³-hybridized carbons (Fsp3) is 0.507. The summed E-state index contributed by atoms with van der Waals surface area (Å²) >= 11 is 29.4. The highest BCUT2D eigenvalue weighted by molar-refractivity contribution is 7.80. The van der Waals surface area contributed by atoms with Crippen molar-refractivity contribution in [3.05, 3.63) is 134 Å². The van der Waals surface area contributed by atoms with E-state index in [-0.39, 0.29) is 62.3 Å². The maximum Gasteiger partial charge on any atom is 0.328 e. The smallest absolute Gasteiger partial charge is 0.328 e. The minimum absolute atomic E-state index is 0.0730. The van der Waals surface area contributed by atoms with Crippen LogP contribution in [-0.2, 0) is 43.1 Å². The lowest BCUT2D eigenvalue weighted by atomic mass is 9.81. The van der Waals surface area contributed by atoms with Gasteiger partial charge in [0.05, 0.1) is 44.8 Å². The Morgan fingerprint density at radius 2 is 0.865 bits per heavy atom. The molecule has 0 radical (unpaired) electrons. The average Bonchev–Trinajstić information content (AvgIpc) is 4.25. The number of anilines is 1. The van der Waals surface area contributed by atoms with Crippen molar-refractivity contribution in [2.75, 3.05) is 46.7 Å². The van der Waals surface area contributed by atoms with Crippen LogP contribution < -0.4 is 42.5 Å². The van der Waals surface area contributed by atoms with Gasteiger partial charge in [0.15, 0.2) is 0 Å². The summed E-state index contributed by atoms with van der Waals surface area (Å²) in [5, 5.41) is 33.6. The first kappa shape index (κ1) is 73.3. The first-order valence-corrected chi connectivity index (χ1v) is 32.7. The standard InChI is InChI=1S/C26H30Cl2N4O4S.C21H31N3O3S.C20H29NO2S/c1-29-25(36)30-14-13-26(11-2-3-12-26)24(37)32-20(23(34)35)15-16-7-9-17(10-8-16)31-22(33)21-18(27)5-4-6-19(21)28;1-15-6-8-16(9-7-15)14-17(18(25)27-3)24-19(28)21(10-4-5-11-21)12-13-23-20(26)22-2;1-4-11-20(12-5-6-13-20)19(24)21-17(18(22)23-3)14-16-9-7-15(2)8-10-16/h4-10,20H,2-3,11-15H2,1H3,(H,31,33)(H,32,37)(H,34,35)(H2,29,30,36);6-9,17H,4-5,10-14H2,1-3H3,(H,24,28)(H2,22,23,26);7-10,17H,4-6,11-14H2,1-3H3,(H,21,24). The van der Waals surface area contributed by atoms with Gasteiger partial charge < -0.3 is 57.1 Å². The lowest BCUT2D eigenvalue weighted by Crippen LogP contribution is -2.49. The maximum absolute atomic E-state index is 12.6. The number of urea groups is 2. The molecule has 0 heterocycles. The van der Waals surface area contributed by atoms with E-state index in [9.17, 15) is 33.9 Å². The molecule has 22 heteroatoms. The van der Waals surface area contributed by atoms with Gasteiger partial charge in [0.1, 0.15) is 18.1 Å². The van der Waals surface area contributed by atoms with E-state index in [0.29, 0.717) is 48.0 Å². The number of hydrogen-bond acceptors (Lipinski definition) is 11. The minimum atomic E-state index is -1.01. The van der Waals surface area contributed by atoms with E-state index in [2.05, 4.69) is 80.6 Å². The number of carbonyl (C=O) groups is 6. The summed E-state index contributed by atoms with van der Waals surface area (Å²) in [5.41, 5.74) is 5.58. The molecule has 5 amide bonds. The molecule has 17 nitrogen and oxygen atoms in total. The Hall–Kier alpha value is -6.45. The van der Waals surface area contributed by atoms with E-state index in [0.717, 1.165) is 105 Å². The third-order valence-corrected chi connectivity index (χ3v) is 19.5. The minimum Gasteiger partial charge on any atom is -0.480 e. The quantitative estimate of drug-likeness (QED) is 0.0222. The third kappa shape index (κ3) is 22.2. The van der Waals surface area contributed by atoms with E-state index in [1.165, 1.54) is 38.2 Å². The van der Waals surface area contributed by atoms with Gasteiger partial charge in [-0.2, -0.15) is 0 Å². The summed E-state index contributed by atoms with van der Waals surface area (Å²) in [6.07, 6.45) is 17.5. The maximum atomic E-state index is 12.6. The van der Waals surface area contributed by atoms with Gasteiger partial charge in [-0.25, -0.2) is 24.0 Å². The fourth-order valence-corrected chi connectivity index (χ4v) is 13.9. The number of aryl methyl sites for hydroxylation is 2. The number of rotatable bonds is 25. The van der Waals surface area contributed by atoms with Gasteiger partial charge in [-0.15, -0.1) is 0 Å². The van der Waals surface area contributed by atoms with Crippen LogP contribution in [0.4, 0.5) is 15.3 Å². The first-order valence-electron chi connectivity index (χ1n) is 30.7. The van der Waals surface area contributed by atoms with Gasteiger partial charge in [0.25, 0.3) is 5.91 Å². The van der Waals surface area contributed by atoms with Crippen molar-refractivity contribution in [2.24, 2.45) is 16.2 Å². The first-order chi connectivity index (χ1) is 42.5. The van der Waals surface area contributed by atoms with Crippen LogP contribution in [0, 0.1) is 30.1 Å². The Morgan fingerprint density at radius 1 is 0.528 bits per heavy atom. The Balaban J connectivity index is 0.000000250. The van der Waals surface area contributed by atoms with Gasteiger partial charge >= 0.3 is 30.0 Å². The third-order valence-electron chi connectivity index (χ3n) is 17.2. The van der Waals surface area contributed by atoms with E-state index in [4.69, 9.17) is 69.3 Å². The Labute approximate surface area is 551 Å². The molecule has 9 N–H and O–H groups in total. The number of carboxylic acids is 1. The zero-order chi connectivity index (χ0) is 65.2. The van der Waals surface area contributed by atoms with Gasteiger partial charge in [-0.1, -0.05) is 190 Å². The number of methoxy groups -OCH3 is 2. The lowest BCUT2D eigenvalue weighted by Gasteiger charge is -2.32. The van der Waals surface area contributed by atoms with Gasteiger partial charge in [-0.3, -0.25) is 4.79 Å². The molecule has 7 rings (SSSR count). The molecule has 0 spiro atoms. The predicted molar refractivity (Wildman–Crippen MR) is 366 cm³/mol. The molecule has 0 bridgehead atoms. The molecule has 4 aromatic rings. The Bertz CT molecular complexity index is 3010. The number of esters is 2. The van der Waals surface area contributed by atoms with E-state index < -0.39 is 30.0 Å². The zero-order valence-electron chi connectivity index (χ0n) is 52.4. The molecular weight excluding hydrogens is 1230 g/mol. The van der Waals surface area contributed by atoms with E-state index >= 15 is 0 Å². The van der Waals surface area contributed by atoms with Crippen LogP contribution in [0.1, 0.15) is 148 Å². The van der Waals surface area contributed by atoms with Crippen molar-refractivity contribution in [3.8, 4) is 0 Å². The van der Waals surface area contributed by atoms with Crippen molar-refractivity contribution in [3.63, 3.8) is 0 Å². The highest BCUT2D eigenvalue weighted by Crippen LogP contribution is 2.44. The second-order valence-corrected chi connectivity index (χ2v) is 25.6. The van der Waals surface area contributed by atoms with Crippen LogP contribution in [0.25, 0.3) is 0 Å². The van der Waals surface area contributed by atoms with Crippen molar-refractivity contribution >= 4 is 116 Å². The molecule has 0 saturated heterocycles. The number of carboxylic acid groups (broad SMARTS) is 1. The number of ether oxygens (including phenoxy) is 2. The van der Waals surface area contributed by atoms with Gasteiger partial charge in [-0.05, 0) is 113 Å². The molecule has 3 aliphatic rings. The summed E-state index contributed by atoms with van der Waals surface area (Å²) in [6.45, 7) is 7.29. The largest absolute Gasteiger partial charge is 0.480 e. The highest BCUT2D eigenvalue weighted by Gasteiger charge is 2.42. The molecular formula is C67H90Cl2N8O9S3. The molecule has 3 aliphatic carbocycles. The Kier molecular flexibility index (Phi) is 30.0. The van der Waals surface area contributed by atoms with Crippen molar-refractivity contribution in [1.82, 2.24) is 37.2 Å². The van der Waals surface area contributed by atoms with Crippen LogP contribution in [0.2, 0.25) is 10.0 Å². The molecule has 3 fully saturated rings. The molecule has 4 aromatic carbocycles. The van der Waals surface area contributed by atoms with Crippen molar-refractivity contribution < 1.29 is 43.3 Å². The highest BCUT2D eigenvalue weighted by atomic mass is 35.5. The van der Waals surface area contributed by atoms with Crippen molar-refractivity contribution in [2.45, 2.75) is 161 Å². The van der Waals surface area contributed by atoms with Crippen LogP contribution >= 0.6 is 59.9 Å². The van der Waals surface area contributed by atoms with E-state index in [1.54, 1.807) is 56.6 Å². The zero-order valence-corrected chi connectivity index (χ0v) is 56.4. The normalized spacial score (nSPS) is 15.9. The van der Waals surface area contributed by atoms with Gasteiger partial charge in [0.2, 0.25) is 0 Å². The lowest BCUT2D eigenvalue weighted by molar-refractivity contribution is -0.143. The summed E-state index contributed by atoms with van der Waals surface area (Å²) in [5.74, 6) is -2.02. The summed E-state index contributed by atoms with van der Waals surface area (Å²) in [7, 11) is 5.98. The second-order valence-electron chi connectivity index (χ2n) is 23.5. The summed E-state index contributed by atoms with van der Waals surface area (Å²) in [6, 6.07) is 25.8. The number of thiocarbonyl (C=S) groups is 3. The molecule has 3 unspecified atom stereocenters. The number of benzene rings is 4. The number of carbonyl (C=O) groups excluding carboxylic acids is 5. The number of hydrogen-bond donors (Lipinski definition) is 9. The number of amides is 5. The topological polar surface area (TPSA) is 237 Å². The molecule has 0 aliphatic heterocycles. The summed E-state index contributed by atoms with van der Waals surface area (Å²) < 4.78 is 10.0. The Morgan fingerprint density at radius 3 is 1.20 bits per heavy atom. The van der Waals surface area contributed by atoms with Crippen LogP contribution in [0.15, 0.2) is 91.0 Å². The van der Waals surface area contributed by atoms with Crippen LogP contribution in [0.3, 0.4) is 0 Å². The average molecular weight is 1320 g/mol. The van der Waals surface area contributed by atoms with Crippen LogP contribution in [0.5, 0.6) is 0 Å². The molecule has 0 aromatic heterocycles. The molecule has 484 valence electrons.